The lowest BCUT2D eigenvalue weighted by Crippen LogP contribution is -2.34. The van der Waals surface area contributed by atoms with Gasteiger partial charge in [0.25, 0.3) is 0 Å². The van der Waals surface area contributed by atoms with E-state index >= 15 is 0 Å². The fourth-order valence-corrected chi connectivity index (χ4v) is 4.65. The Hall–Kier alpha value is -2.01. The normalized spacial score (nSPS) is 21.5. The summed E-state index contributed by atoms with van der Waals surface area (Å²) in [6, 6.07) is 7.12. The fraction of sp³-hybridized carbons (Fsp3) is 0.609. The number of imidazole rings is 1. The second kappa shape index (κ2) is 8.99. The minimum atomic E-state index is 0.525. The van der Waals surface area contributed by atoms with Crippen LogP contribution in [-0.2, 0) is 0 Å². The molecule has 1 atom stereocenters. The predicted octanol–water partition coefficient (Wildman–Crippen LogP) is 4.71. The van der Waals surface area contributed by atoms with E-state index in [1.54, 1.807) is 0 Å². The first-order valence-electron chi connectivity index (χ1n) is 11.1. The molecule has 5 nitrogen and oxygen atoms in total. The molecule has 0 amide bonds. The summed E-state index contributed by atoms with van der Waals surface area (Å²) < 4.78 is 6.04. The zero-order chi connectivity index (χ0) is 19.3. The van der Waals surface area contributed by atoms with Gasteiger partial charge in [-0.2, -0.15) is 0 Å². The quantitative estimate of drug-likeness (QED) is 0.786. The van der Waals surface area contributed by atoms with Gasteiger partial charge in [0.2, 0.25) is 0 Å². The maximum atomic E-state index is 6.04. The highest BCUT2D eigenvalue weighted by Crippen LogP contribution is 2.36. The maximum absolute atomic E-state index is 6.04. The summed E-state index contributed by atoms with van der Waals surface area (Å²) >= 11 is 0. The Labute approximate surface area is 168 Å². The van der Waals surface area contributed by atoms with Crippen LogP contribution in [0.25, 0.3) is 11.4 Å². The Morgan fingerprint density at radius 2 is 2.00 bits per heavy atom. The summed E-state index contributed by atoms with van der Waals surface area (Å²) in [5, 5.41) is 3.50. The number of benzene rings is 1. The fourth-order valence-electron chi connectivity index (χ4n) is 4.65. The van der Waals surface area contributed by atoms with E-state index in [1.165, 1.54) is 43.5 Å². The smallest absolute Gasteiger partial charge is 0.141 e. The summed E-state index contributed by atoms with van der Waals surface area (Å²) in [6.45, 7) is 8.15. The van der Waals surface area contributed by atoms with Crippen molar-refractivity contribution in [1.29, 1.82) is 0 Å². The van der Waals surface area contributed by atoms with E-state index in [0.717, 1.165) is 43.2 Å². The standard InChI is InChI=1S/C23H34N4O/c1-3-28-22-15-19(27-14-13-24-12-11-17(27)2)9-10-20(22)23-25-16-21(26-23)18-7-5-4-6-8-18/h9-10,15-18,24H,3-8,11-14H2,1-2H3,(H,25,26). The van der Waals surface area contributed by atoms with Crippen LogP contribution < -0.4 is 15.0 Å². The Morgan fingerprint density at radius 1 is 1.14 bits per heavy atom. The van der Waals surface area contributed by atoms with Gasteiger partial charge in [-0.3, -0.25) is 0 Å². The van der Waals surface area contributed by atoms with E-state index < -0.39 is 0 Å². The predicted molar refractivity (Wildman–Crippen MR) is 115 cm³/mol. The molecule has 1 aromatic heterocycles. The largest absolute Gasteiger partial charge is 0.493 e. The molecule has 1 saturated carbocycles. The van der Waals surface area contributed by atoms with Crippen molar-refractivity contribution in [3.05, 3.63) is 30.1 Å². The van der Waals surface area contributed by atoms with Gasteiger partial charge in [-0.25, -0.2) is 4.98 Å². The number of hydrogen-bond donors (Lipinski definition) is 2. The molecule has 2 aliphatic rings. The van der Waals surface area contributed by atoms with Crippen LogP contribution in [0.15, 0.2) is 24.4 Å². The van der Waals surface area contributed by atoms with Crippen LogP contribution in [0, 0.1) is 0 Å². The summed E-state index contributed by atoms with van der Waals surface area (Å²) in [7, 11) is 0. The molecule has 1 aliphatic heterocycles. The molecule has 1 unspecified atom stereocenters. The second-order valence-corrected chi connectivity index (χ2v) is 8.22. The van der Waals surface area contributed by atoms with Gasteiger partial charge in [-0.05, 0) is 51.8 Å². The minimum absolute atomic E-state index is 0.525. The monoisotopic (exact) mass is 382 g/mol. The lowest BCUT2D eigenvalue weighted by Gasteiger charge is -2.29. The van der Waals surface area contributed by atoms with Crippen LogP contribution in [0.2, 0.25) is 0 Å². The molecule has 1 aliphatic carbocycles. The zero-order valence-electron chi connectivity index (χ0n) is 17.3. The average molecular weight is 383 g/mol. The van der Waals surface area contributed by atoms with Gasteiger partial charge in [0.15, 0.2) is 0 Å². The van der Waals surface area contributed by atoms with Crippen LogP contribution >= 0.6 is 0 Å². The number of hydrogen-bond acceptors (Lipinski definition) is 4. The third-order valence-electron chi connectivity index (χ3n) is 6.29. The lowest BCUT2D eigenvalue weighted by atomic mass is 9.87. The average Bonchev–Trinajstić information content (AvgIpc) is 3.11. The van der Waals surface area contributed by atoms with Crippen LogP contribution in [0.1, 0.15) is 64.0 Å². The molecule has 2 fully saturated rings. The van der Waals surface area contributed by atoms with Crippen LogP contribution in [0.4, 0.5) is 5.69 Å². The molecule has 1 aromatic carbocycles. The number of H-pyrrole nitrogens is 1. The van der Waals surface area contributed by atoms with E-state index in [0.29, 0.717) is 18.6 Å². The molecule has 2 N–H and O–H groups in total. The molecular weight excluding hydrogens is 348 g/mol. The topological polar surface area (TPSA) is 53.2 Å². The highest BCUT2D eigenvalue weighted by Gasteiger charge is 2.21. The Bertz CT molecular complexity index is 766. The molecule has 152 valence electrons. The lowest BCUT2D eigenvalue weighted by molar-refractivity contribution is 0.341. The SMILES string of the molecule is CCOc1cc(N2CCNCCC2C)ccc1-c1ncc(C2CCCCC2)[nH]1. The van der Waals surface area contributed by atoms with Gasteiger partial charge in [0, 0.05) is 48.7 Å². The van der Waals surface area contributed by atoms with Crippen molar-refractivity contribution in [2.45, 2.75) is 64.3 Å². The molecule has 0 spiro atoms. The van der Waals surface area contributed by atoms with Crippen molar-refractivity contribution in [3.63, 3.8) is 0 Å². The Kier molecular flexibility index (Phi) is 6.20. The van der Waals surface area contributed by atoms with E-state index in [9.17, 15) is 0 Å². The number of aromatic nitrogens is 2. The molecule has 2 aromatic rings. The highest BCUT2D eigenvalue weighted by molar-refractivity contribution is 5.69. The van der Waals surface area contributed by atoms with E-state index in [2.05, 4.69) is 40.3 Å². The van der Waals surface area contributed by atoms with Crippen LogP contribution in [-0.4, -0.2) is 42.3 Å². The molecule has 4 rings (SSSR count). The number of aromatic amines is 1. The van der Waals surface area contributed by atoms with Crippen molar-refractivity contribution >= 4 is 5.69 Å². The van der Waals surface area contributed by atoms with Crippen molar-refractivity contribution in [2.75, 3.05) is 31.1 Å². The van der Waals surface area contributed by atoms with Crippen LogP contribution in [0.3, 0.4) is 0 Å². The molecule has 0 radical (unpaired) electrons. The molecule has 28 heavy (non-hydrogen) atoms. The number of nitrogens with one attached hydrogen (secondary N) is 2. The van der Waals surface area contributed by atoms with Crippen molar-refractivity contribution in [1.82, 2.24) is 15.3 Å². The molecular formula is C23H34N4O. The van der Waals surface area contributed by atoms with E-state index in [4.69, 9.17) is 9.72 Å². The van der Waals surface area contributed by atoms with Gasteiger partial charge in [-0.15, -0.1) is 0 Å². The van der Waals surface area contributed by atoms with Crippen molar-refractivity contribution in [3.8, 4) is 17.1 Å². The van der Waals surface area contributed by atoms with Gasteiger partial charge >= 0.3 is 0 Å². The van der Waals surface area contributed by atoms with E-state index in [1.807, 2.05) is 13.1 Å². The molecule has 5 heteroatoms. The first-order valence-corrected chi connectivity index (χ1v) is 11.1. The van der Waals surface area contributed by atoms with Crippen LogP contribution in [0.5, 0.6) is 5.75 Å². The van der Waals surface area contributed by atoms with Gasteiger partial charge in [0.05, 0.1) is 12.2 Å². The third-order valence-corrected chi connectivity index (χ3v) is 6.29. The van der Waals surface area contributed by atoms with Gasteiger partial charge in [0.1, 0.15) is 11.6 Å². The Morgan fingerprint density at radius 3 is 2.82 bits per heavy atom. The Balaban J connectivity index is 1.61. The van der Waals surface area contributed by atoms with Crippen molar-refractivity contribution < 1.29 is 4.74 Å². The third kappa shape index (κ3) is 4.19. The maximum Gasteiger partial charge on any atom is 0.141 e. The van der Waals surface area contributed by atoms with Gasteiger partial charge in [-0.1, -0.05) is 19.3 Å². The molecule has 2 heterocycles. The summed E-state index contributed by atoms with van der Waals surface area (Å²) in [4.78, 5) is 10.8. The zero-order valence-corrected chi connectivity index (χ0v) is 17.3. The first kappa shape index (κ1) is 19.3. The van der Waals surface area contributed by atoms with Gasteiger partial charge < -0.3 is 19.9 Å². The second-order valence-electron chi connectivity index (χ2n) is 8.22. The summed E-state index contributed by atoms with van der Waals surface area (Å²) in [6.07, 6.45) is 9.80. The summed E-state index contributed by atoms with van der Waals surface area (Å²) in [5.74, 6) is 2.49. The van der Waals surface area contributed by atoms with Crippen molar-refractivity contribution in [2.24, 2.45) is 0 Å². The molecule has 0 bridgehead atoms. The summed E-state index contributed by atoms with van der Waals surface area (Å²) in [5.41, 5.74) is 3.59. The first-order chi connectivity index (χ1) is 13.8. The van der Waals surface area contributed by atoms with E-state index in [-0.39, 0.29) is 0 Å². The molecule has 1 saturated heterocycles. The number of nitrogens with zero attached hydrogens (tertiary/aromatic N) is 2. The number of rotatable bonds is 5. The number of anilines is 1. The minimum Gasteiger partial charge on any atom is -0.493 e. The number of ether oxygens (including phenoxy) is 1. The highest BCUT2D eigenvalue weighted by atomic mass is 16.5.